The van der Waals surface area contributed by atoms with Gasteiger partial charge in [-0.15, -0.1) is 0 Å². The van der Waals surface area contributed by atoms with E-state index in [9.17, 15) is 0 Å². The molecule has 0 amide bonds. The first-order valence-electron chi connectivity index (χ1n) is 7.00. The minimum atomic E-state index is 0.394. The van der Waals surface area contributed by atoms with Gasteiger partial charge in [-0.05, 0) is 38.4 Å². The lowest BCUT2D eigenvalue weighted by molar-refractivity contribution is 0.566. The van der Waals surface area contributed by atoms with Crippen LogP contribution in [0.4, 0.5) is 0 Å². The quantitative estimate of drug-likeness (QED) is 0.831. The number of hydrogen-bond donors (Lipinski definition) is 1. The standard InChI is InChI=1S/C14H23N5/c1-4-7-15-12(3)13-6-8-18(9-13)10-14-16-11-17-19(14)5-2/h6,8-9,11-12,15H,4-5,7,10H2,1-3H3. The van der Waals surface area contributed by atoms with Crippen molar-refractivity contribution < 1.29 is 0 Å². The highest BCUT2D eigenvalue weighted by Crippen LogP contribution is 2.13. The zero-order valence-corrected chi connectivity index (χ0v) is 12.0. The van der Waals surface area contributed by atoms with E-state index in [1.54, 1.807) is 6.33 Å². The van der Waals surface area contributed by atoms with Crippen LogP contribution in [0.25, 0.3) is 0 Å². The molecule has 1 unspecified atom stereocenters. The van der Waals surface area contributed by atoms with Crippen molar-refractivity contribution >= 4 is 0 Å². The second-order valence-electron chi connectivity index (χ2n) is 4.79. The number of hydrogen-bond acceptors (Lipinski definition) is 3. The van der Waals surface area contributed by atoms with Crippen molar-refractivity contribution in [1.29, 1.82) is 0 Å². The second-order valence-corrected chi connectivity index (χ2v) is 4.79. The van der Waals surface area contributed by atoms with E-state index in [0.29, 0.717) is 6.04 Å². The van der Waals surface area contributed by atoms with E-state index in [-0.39, 0.29) is 0 Å². The Labute approximate surface area is 114 Å². The van der Waals surface area contributed by atoms with Gasteiger partial charge in [-0.25, -0.2) is 9.67 Å². The normalized spacial score (nSPS) is 12.8. The summed E-state index contributed by atoms with van der Waals surface area (Å²) in [4.78, 5) is 4.30. The molecule has 0 aliphatic rings. The molecule has 0 aromatic carbocycles. The molecule has 0 radical (unpaired) electrons. The van der Waals surface area contributed by atoms with Crippen molar-refractivity contribution in [2.75, 3.05) is 6.54 Å². The molecule has 0 fully saturated rings. The molecule has 1 N–H and O–H groups in total. The molecule has 0 spiro atoms. The molecule has 0 aliphatic carbocycles. The molecule has 5 heteroatoms. The third-order valence-electron chi connectivity index (χ3n) is 3.29. The Morgan fingerprint density at radius 3 is 2.95 bits per heavy atom. The molecule has 0 saturated carbocycles. The van der Waals surface area contributed by atoms with E-state index in [4.69, 9.17) is 0 Å². The minimum Gasteiger partial charge on any atom is -0.346 e. The first-order valence-corrected chi connectivity index (χ1v) is 7.00. The van der Waals surface area contributed by atoms with E-state index in [2.05, 4.69) is 59.2 Å². The lowest BCUT2D eigenvalue weighted by Gasteiger charge is -2.11. The van der Waals surface area contributed by atoms with Crippen molar-refractivity contribution in [3.63, 3.8) is 0 Å². The van der Waals surface area contributed by atoms with Gasteiger partial charge in [0.1, 0.15) is 12.2 Å². The summed E-state index contributed by atoms with van der Waals surface area (Å²) >= 11 is 0. The maximum absolute atomic E-state index is 4.30. The van der Waals surface area contributed by atoms with Gasteiger partial charge in [0.15, 0.2) is 0 Å². The first kappa shape index (κ1) is 13.8. The highest BCUT2D eigenvalue weighted by molar-refractivity contribution is 5.15. The fourth-order valence-corrected chi connectivity index (χ4v) is 2.13. The van der Waals surface area contributed by atoms with E-state index >= 15 is 0 Å². The van der Waals surface area contributed by atoms with Crippen LogP contribution < -0.4 is 5.32 Å². The van der Waals surface area contributed by atoms with Crippen LogP contribution >= 0.6 is 0 Å². The van der Waals surface area contributed by atoms with Gasteiger partial charge in [0, 0.05) is 25.0 Å². The van der Waals surface area contributed by atoms with E-state index < -0.39 is 0 Å². The molecule has 0 aliphatic heterocycles. The highest BCUT2D eigenvalue weighted by atomic mass is 15.3. The van der Waals surface area contributed by atoms with Crippen LogP contribution in [0.2, 0.25) is 0 Å². The van der Waals surface area contributed by atoms with Crippen molar-refractivity contribution in [2.45, 2.75) is 46.3 Å². The number of aryl methyl sites for hydroxylation is 1. The van der Waals surface area contributed by atoms with Crippen LogP contribution in [0, 0.1) is 0 Å². The number of nitrogens with one attached hydrogen (secondary N) is 1. The van der Waals surface area contributed by atoms with Gasteiger partial charge in [-0.3, -0.25) is 0 Å². The summed E-state index contributed by atoms with van der Waals surface area (Å²) in [5.74, 6) is 0.999. The van der Waals surface area contributed by atoms with Crippen LogP contribution in [0.3, 0.4) is 0 Å². The Kier molecular flexibility index (Phi) is 4.74. The lowest BCUT2D eigenvalue weighted by atomic mass is 10.2. The molecule has 2 rings (SSSR count). The van der Waals surface area contributed by atoms with Gasteiger partial charge in [0.2, 0.25) is 0 Å². The maximum atomic E-state index is 4.30. The van der Waals surface area contributed by atoms with Crippen molar-refractivity contribution in [3.8, 4) is 0 Å². The zero-order valence-electron chi connectivity index (χ0n) is 12.0. The van der Waals surface area contributed by atoms with Crippen molar-refractivity contribution in [1.82, 2.24) is 24.6 Å². The number of aromatic nitrogens is 4. The fourth-order valence-electron chi connectivity index (χ4n) is 2.13. The van der Waals surface area contributed by atoms with Gasteiger partial charge >= 0.3 is 0 Å². The van der Waals surface area contributed by atoms with E-state index in [0.717, 1.165) is 31.9 Å². The Bertz CT molecular complexity index is 499. The molecule has 1 atom stereocenters. The predicted molar refractivity (Wildman–Crippen MR) is 75.9 cm³/mol. The summed E-state index contributed by atoms with van der Waals surface area (Å²) < 4.78 is 4.09. The fraction of sp³-hybridized carbons (Fsp3) is 0.571. The molecule has 0 bridgehead atoms. The summed E-state index contributed by atoms with van der Waals surface area (Å²) in [7, 11) is 0. The van der Waals surface area contributed by atoms with E-state index in [1.807, 2.05) is 4.68 Å². The van der Waals surface area contributed by atoms with Gasteiger partial charge < -0.3 is 9.88 Å². The Morgan fingerprint density at radius 2 is 2.21 bits per heavy atom. The summed E-state index contributed by atoms with van der Waals surface area (Å²) in [6, 6.07) is 2.56. The molecule has 2 aromatic rings. The third-order valence-corrected chi connectivity index (χ3v) is 3.29. The largest absolute Gasteiger partial charge is 0.346 e. The molecule has 2 aromatic heterocycles. The molecule has 5 nitrogen and oxygen atoms in total. The topological polar surface area (TPSA) is 47.7 Å². The maximum Gasteiger partial charge on any atom is 0.146 e. The minimum absolute atomic E-state index is 0.394. The van der Waals surface area contributed by atoms with Crippen LogP contribution in [0.5, 0.6) is 0 Å². The summed E-state index contributed by atoms with van der Waals surface area (Å²) in [6.45, 7) is 9.14. The summed E-state index contributed by atoms with van der Waals surface area (Å²) in [6.07, 6.45) is 7.06. The molecule has 104 valence electrons. The Hall–Kier alpha value is -1.62. The Morgan fingerprint density at radius 1 is 1.37 bits per heavy atom. The highest BCUT2D eigenvalue weighted by Gasteiger charge is 2.08. The molecule has 19 heavy (non-hydrogen) atoms. The summed E-state index contributed by atoms with van der Waals surface area (Å²) in [5, 5.41) is 7.69. The SMILES string of the molecule is CCCNC(C)c1ccn(Cc2ncnn2CC)c1. The van der Waals surface area contributed by atoms with Crippen LogP contribution in [0.15, 0.2) is 24.8 Å². The van der Waals surface area contributed by atoms with Gasteiger partial charge in [0.25, 0.3) is 0 Å². The molecule has 2 heterocycles. The first-order chi connectivity index (χ1) is 9.24. The second kappa shape index (κ2) is 6.52. The Balaban J connectivity index is 2.01. The lowest BCUT2D eigenvalue weighted by Crippen LogP contribution is -2.18. The van der Waals surface area contributed by atoms with Gasteiger partial charge in [-0.1, -0.05) is 6.92 Å². The van der Waals surface area contributed by atoms with Crippen molar-refractivity contribution in [2.24, 2.45) is 0 Å². The van der Waals surface area contributed by atoms with Crippen LogP contribution in [-0.2, 0) is 13.1 Å². The molecular weight excluding hydrogens is 238 g/mol. The van der Waals surface area contributed by atoms with Gasteiger partial charge in [0.05, 0.1) is 6.54 Å². The molecule has 0 saturated heterocycles. The smallest absolute Gasteiger partial charge is 0.146 e. The zero-order chi connectivity index (χ0) is 13.7. The van der Waals surface area contributed by atoms with Crippen molar-refractivity contribution in [3.05, 3.63) is 36.2 Å². The van der Waals surface area contributed by atoms with Crippen LogP contribution in [-0.4, -0.2) is 25.9 Å². The molecular formula is C14H23N5. The number of nitrogens with zero attached hydrogens (tertiary/aromatic N) is 4. The van der Waals surface area contributed by atoms with Gasteiger partial charge in [-0.2, -0.15) is 5.10 Å². The monoisotopic (exact) mass is 261 g/mol. The van der Waals surface area contributed by atoms with Crippen LogP contribution in [0.1, 0.15) is 44.6 Å². The predicted octanol–water partition coefficient (Wildman–Crippen LogP) is 2.21. The average Bonchev–Trinajstić information content (AvgIpc) is 3.05. The average molecular weight is 261 g/mol. The summed E-state index contributed by atoms with van der Waals surface area (Å²) in [5.41, 5.74) is 1.32. The van der Waals surface area contributed by atoms with E-state index in [1.165, 1.54) is 5.56 Å². The number of rotatable bonds is 7. The third kappa shape index (κ3) is 3.44.